The molecule has 1 rings (SSSR count). The molecular weight excluding hydrogens is 240 g/mol. The molecule has 1 saturated heterocycles. The van der Waals surface area contributed by atoms with Crippen molar-refractivity contribution in [2.75, 3.05) is 6.61 Å². The smallest absolute Gasteiger partial charge is 0.0585 e. The molecule has 2 heteroatoms. The van der Waals surface area contributed by atoms with Gasteiger partial charge in [0.15, 0.2) is 0 Å². The van der Waals surface area contributed by atoms with E-state index in [0.29, 0.717) is 10.9 Å². The Morgan fingerprint density at radius 3 is 2.71 bits per heavy atom. The van der Waals surface area contributed by atoms with Crippen LogP contribution in [0, 0.1) is 0 Å². The predicted molar refractivity (Wildman–Crippen MR) is 65.1 cm³/mol. The molecule has 1 aliphatic heterocycles. The molecular formula is C12H23BrO. The van der Waals surface area contributed by atoms with Crippen molar-refractivity contribution >= 4 is 15.9 Å². The lowest BCUT2D eigenvalue weighted by Crippen LogP contribution is -2.25. The van der Waals surface area contributed by atoms with Crippen LogP contribution >= 0.6 is 15.9 Å². The zero-order valence-corrected chi connectivity index (χ0v) is 10.9. The summed E-state index contributed by atoms with van der Waals surface area (Å²) in [7, 11) is 0. The average molecular weight is 263 g/mol. The van der Waals surface area contributed by atoms with E-state index in [-0.39, 0.29) is 0 Å². The van der Waals surface area contributed by atoms with Gasteiger partial charge in [-0.05, 0) is 19.3 Å². The van der Waals surface area contributed by atoms with Gasteiger partial charge in [0.2, 0.25) is 0 Å². The SMILES string of the molecule is CCCCCCC[C@@H]1C[C@@H](Br)CCO1. The van der Waals surface area contributed by atoms with Crippen molar-refractivity contribution in [1.82, 2.24) is 0 Å². The predicted octanol–water partition coefficient (Wildman–Crippen LogP) is 4.29. The lowest BCUT2D eigenvalue weighted by atomic mass is 10.0. The summed E-state index contributed by atoms with van der Waals surface area (Å²) >= 11 is 3.68. The lowest BCUT2D eigenvalue weighted by molar-refractivity contribution is 0.0134. The van der Waals surface area contributed by atoms with Gasteiger partial charge >= 0.3 is 0 Å². The Balaban J connectivity index is 1.95. The number of rotatable bonds is 6. The number of ether oxygens (including phenoxy) is 1. The molecule has 0 radical (unpaired) electrons. The van der Waals surface area contributed by atoms with Gasteiger partial charge < -0.3 is 4.74 Å². The van der Waals surface area contributed by atoms with Crippen molar-refractivity contribution < 1.29 is 4.74 Å². The highest BCUT2D eigenvalue weighted by Crippen LogP contribution is 2.23. The quantitative estimate of drug-likeness (QED) is 0.513. The van der Waals surface area contributed by atoms with Gasteiger partial charge in [0, 0.05) is 11.4 Å². The van der Waals surface area contributed by atoms with Crippen LogP contribution in [0.15, 0.2) is 0 Å². The van der Waals surface area contributed by atoms with Gasteiger partial charge in [0.1, 0.15) is 0 Å². The molecule has 0 bridgehead atoms. The highest BCUT2D eigenvalue weighted by atomic mass is 79.9. The highest BCUT2D eigenvalue weighted by molar-refractivity contribution is 9.09. The van der Waals surface area contributed by atoms with Crippen LogP contribution in [0.4, 0.5) is 0 Å². The second-order valence-corrected chi connectivity index (χ2v) is 5.61. The number of unbranched alkanes of at least 4 members (excludes halogenated alkanes) is 4. The Labute approximate surface area is 96.7 Å². The van der Waals surface area contributed by atoms with Gasteiger partial charge in [-0.1, -0.05) is 55.0 Å². The van der Waals surface area contributed by atoms with E-state index in [1.807, 2.05) is 0 Å². The molecule has 0 aromatic heterocycles. The van der Waals surface area contributed by atoms with Gasteiger partial charge in [-0.15, -0.1) is 0 Å². The van der Waals surface area contributed by atoms with E-state index in [1.54, 1.807) is 0 Å². The van der Waals surface area contributed by atoms with Crippen LogP contribution in [-0.4, -0.2) is 17.5 Å². The van der Waals surface area contributed by atoms with Crippen LogP contribution in [0.5, 0.6) is 0 Å². The first-order chi connectivity index (χ1) is 6.83. The minimum absolute atomic E-state index is 0.537. The van der Waals surface area contributed by atoms with Crippen LogP contribution in [0.25, 0.3) is 0 Å². The van der Waals surface area contributed by atoms with Gasteiger partial charge in [-0.25, -0.2) is 0 Å². The van der Waals surface area contributed by atoms with E-state index in [2.05, 4.69) is 22.9 Å². The van der Waals surface area contributed by atoms with Crippen LogP contribution in [0.3, 0.4) is 0 Å². The van der Waals surface area contributed by atoms with E-state index in [4.69, 9.17) is 4.74 Å². The zero-order chi connectivity index (χ0) is 10.2. The molecule has 0 aliphatic carbocycles. The van der Waals surface area contributed by atoms with Crippen LogP contribution in [0.1, 0.15) is 58.3 Å². The van der Waals surface area contributed by atoms with Gasteiger partial charge in [0.25, 0.3) is 0 Å². The molecule has 0 saturated carbocycles. The Morgan fingerprint density at radius 2 is 2.00 bits per heavy atom. The normalized spacial score (nSPS) is 27.9. The molecule has 2 atom stereocenters. The number of hydrogen-bond acceptors (Lipinski definition) is 1. The minimum Gasteiger partial charge on any atom is -0.378 e. The van der Waals surface area contributed by atoms with E-state index < -0.39 is 0 Å². The Kier molecular flexibility index (Phi) is 6.88. The Morgan fingerprint density at radius 1 is 1.21 bits per heavy atom. The first-order valence-corrected chi connectivity index (χ1v) is 7.00. The molecule has 1 heterocycles. The molecule has 0 amide bonds. The van der Waals surface area contributed by atoms with Crippen molar-refractivity contribution in [3.63, 3.8) is 0 Å². The van der Waals surface area contributed by atoms with E-state index in [1.165, 1.54) is 51.4 Å². The maximum Gasteiger partial charge on any atom is 0.0585 e. The van der Waals surface area contributed by atoms with Gasteiger partial charge in [-0.2, -0.15) is 0 Å². The molecule has 0 aromatic rings. The standard InChI is InChI=1S/C12H23BrO/c1-2-3-4-5-6-7-12-10-11(13)8-9-14-12/h11-12H,2-10H2,1H3/t11-,12+/m0/s1. The molecule has 1 nitrogen and oxygen atoms in total. The Bertz CT molecular complexity index is 138. The fourth-order valence-electron chi connectivity index (χ4n) is 2.01. The van der Waals surface area contributed by atoms with Crippen molar-refractivity contribution in [1.29, 1.82) is 0 Å². The first-order valence-electron chi connectivity index (χ1n) is 6.08. The minimum atomic E-state index is 0.537. The zero-order valence-electron chi connectivity index (χ0n) is 9.30. The lowest BCUT2D eigenvalue weighted by Gasteiger charge is -2.26. The third-order valence-corrected chi connectivity index (χ3v) is 3.76. The van der Waals surface area contributed by atoms with E-state index in [0.717, 1.165) is 6.61 Å². The number of alkyl halides is 1. The summed E-state index contributed by atoms with van der Waals surface area (Å²) in [4.78, 5) is 0.705. The number of halogens is 1. The molecule has 0 unspecified atom stereocenters. The second kappa shape index (κ2) is 7.70. The summed E-state index contributed by atoms with van der Waals surface area (Å²) in [6, 6.07) is 0. The summed E-state index contributed by atoms with van der Waals surface area (Å²) in [5, 5.41) is 0. The molecule has 0 spiro atoms. The number of hydrogen-bond donors (Lipinski definition) is 0. The fraction of sp³-hybridized carbons (Fsp3) is 1.00. The average Bonchev–Trinajstić information content (AvgIpc) is 2.18. The van der Waals surface area contributed by atoms with Crippen molar-refractivity contribution in [2.24, 2.45) is 0 Å². The maximum atomic E-state index is 5.72. The monoisotopic (exact) mass is 262 g/mol. The summed E-state index contributed by atoms with van der Waals surface area (Å²) in [5.41, 5.74) is 0. The van der Waals surface area contributed by atoms with Crippen molar-refractivity contribution in [2.45, 2.75) is 69.2 Å². The highest BCUT2D eigenvalue weighted by Gasteiger charge is 2.19. The van der Waals surface area contributed by atoms with E-state index in [9.17, 15) is 0 Å². The fourth-order valence-corrected chi connectivity index (χ4v) is 2.61. The van der Waals surface area contributed by atoms with Gasteiger partial charge in [-0.3, -0.25) is 0 Å². The third kappa shape index (κ3) is 5.35. The summed E-state index contributed by atoms with van der Waals surface area (Å²) < 4.78 is 5.72. The molecule has 1 fully saturated rings. The summed E-state index contributed by atoms with van der Waals surface area (Å²) in [5.74, 6) is 0. The third-order valence-electron chi connectivity index (χ3n) is 2.93. The molecule has 1 aliphatic rings. The molecule has 0 aromatic carbocycles. The van der Waals surface area contributed by atoms with Crippen LogP contribution in [-0.2, 0) is 4.74 Å². The van der Waals surface area contributed by atoms with Crippen molar-refractivity contribution in [3.8, 4) is 0 Å². The molecule has 0 N–H and O–H groups in total. The summed E-state index contributed by atoms with van der Waals surface area (Å²) in [6.07, 6.45) is 11.1. The van der Waals surface area contributed by atoms with E-state index >= 15 is 0 Å². The van der Waals surface area contributed by atoms with Crippen LogP contribution < -0.4 is 0 Å². The second-order valence-electron chi connectivity index (χ2n) is 4.32. The molecule has 84 valence electrons. The molecule has 14 heavy (non-hydrogen) atoms. The Hall–Kier alpha value is 0.440. The van der Waals surface area contributed by atoms with Crippen LogP contribution in [0.2, 0.25) is 0 Å². The maximum absolute atomic E-state index is 5.72. The first kappa shape index (κ1) is 12.5. The van der Waals surface area contributed by atoms with Crippen molar-refractivity contribution in [3.05, 3.63) is 0 Å². The topological polar surface area (TPSA) is 9.23 Å². The van der Waals surface area contributed by atoms with Gasteiger partial charge in [0.05, 0.1) is 6.10 Å². The summed E-state index contributed by atoms with van der Waals surface area (Å²) in [6.45, 7) is 3.22. The largest absolute Gasteiger partial charge is 0.378 e.